The summed E-state index contributed by atoms with van der Waals surface area (Å²) in [6.45, 7) is 6.14. The molecular formula is C15H18FNO3. The topological polar surface area (TPSA) is 38.8 Å². The molecule has 0 saturated carbocycles. The Hall–Kier alpha value is -1.46. The Morgan fingerprint density at radius 1 is 1.25 bits per heavy atom. The van der Waals surface area contributed by atoms with Crippen molar-refractivity contribution in [3.63, 3.8) is 0 Å². The average Bonchev–Trinajstić information content (AvgIpc) is 2.36. The summed E-state index contributed by atoms with van der Waals surface area (Å²) in [5.41, 5.74) is 0.288. The first-order chi connectivity index (χ1) is 9.39. The minimum atomic E-state index is -0.543. The van der Waals surface area contributed by atoms with Crippen molar-refractivity contribution in [2.24, 2.45) is 5.41 Å². The molecule has 3 rings (SSSR count). The molecule has 0 aromatic heterocycles. The van der Waals surface area contributed by atoms with Gasteiger partial charge in [0.25, 0.3) is 5.91 Å². The Bertz CT molecular complexity index is 526. The van der Waals surface area contributed by atoms with Crippen molar-refractivity contribution in [2.75, 3.05) is 26.3 Å². The number of carbonyl (C=O) groups is 1. The third-order valence-corrected chi connectivity index (χ3v) is 3.86. The molecule has 0 bridgehead atoms. The van der Waals surface area contributed by atoms with Crippen molar-refractivity contribution >= 4 is 5.91 Å². The fraction of sp³-hybridized carbons (Fsp3) is 0.533. The van der Waals surface area contributed by atoms with Crippen LogP contribution >= 0.6 is 0 Å². The van der Waals surface area contributed by atoms with Gasteiger partial charge in [0.1, 0.15) is 5.82 Å². The second kappa shape index (κ2) is 4.53. The molecule has 20 heavy (non-hydrogen) atoms. The monoisotopic (exact) mass is 279 g/mol. The summed E-state index contributed by atoms with van der Waals surface area (Å²) in [7, 11) is 0. The Balaban J connectivity index is 1.62. The molecule has 108 valence electrons. The number of hydrogen-bond donors (Lipinski definition) is 0. The maximum atomic E-state index is 13.1. The lowest BCUT2D eigenvalue weighted by atomic mass is 9.80. The van der Waals surface area contributed by atoms with E-state index >= 15 is 0 Å². The summed E-state index contributed by atoms with van der Waals surface area (Å²) in [5, 5.41) is 0. The number of amides is 1. The predicted octanol–water partition coefficient (Wildman–Crippen LogP) is 2.05. The summed E-state index contributed by atoms with van der Waals surface area (Å²) >= 11 is 0. The van der Waals surface area contributed by atoms with Crippen LogP contribution in [0.2, 0.25) is 0 Å². The number of rotatable bonds is 1. The minimum absolute atomic E-state index is 0.0987. The fourth-order valence-corrected chi connectivity index (χ4v) is 2.63. The van der Waals surface area contributed by atoms with Crippen LogP contribution in [-0.2, 0) is 9.47 Å². The van der Waals surface area contributed by atoms with Gasteiger partial charge in [0.05, 0.1) is 18.6 Å². The van der Waals surface area contributed by atoms with Gasteiger partial charge in [0.2, 0.25) is 0 Å². The highest BCUT2D eigenvalue weighted by molar-refractivity contribution is 5.94. The molecular weight excluding hydrogens is 261 g/mol. The number of carbonyl (C=O) groups excluding carboxylic acids is 1. The lowest BCUT2D eigenvalue weighted by Crippen LogP contribution is -2.65. The second-order valence-corrected chi connectivity index (χ2v) is 6.15. The van der Waals surface area contributed by atoms with Crippen molar-refractivity contribution in [2.45, 2.75) is 19.6 Å². The van der Waals surface area contributed by atoms with Crippen molar-refractivity contribution in [1.82, 2.24) is 4.90 Å². The van der Waals surface area contributed by atoms with Gasteiger partial charge in [-0.25, -0.2) is 4.39 Å². The smallest absolute Gasteiger partial charge is 0.254 e. The molecule has 2 fully saturated rings. The third-order valence-electron chi connectivity index (χ3n) is 3.86. The molecule has 5 heteroatoms. The first-order valence-corrected chi connectivity index (χ1v) is 6.72. The number of likely N-dealkylation sites (tertiary alicyclic amines) is 1. The normalized spacial score (nSPS) is 23.4. The average molecular weight is 279 g/mol. The minimum Gasteiger partial charge on any atom is -0.350 e. The van der Waals surface area contributed by atoms with Gasteiger partial charge >= 0.3 is 0 Å². The first-order valence-electron chi connectivity index (χ1n) is 6.72. The molecule has 0 radical (unpaired) electrons. The summed E-state index contributed by atoms with van der Waals surface area (Å²) < 4.78 is 24.4. The Kier molecular flexibility index (Phi) is 3.06. The van der Waals surface area contributed by atoms with Gasteiger partial charge in [0, 0.05) is 18.7 Å². The fourth-order valence-electron chi connectivity index (χ4n) is 2.63. The zero-order chi connectivity index (χ0) is 14.4. The molecule has 0 aliphatic carbocycles. The lowest BCUT2D eigenvalue weighted by molar-refractivity contribution is -0.301. The Morgan fingerprint density at radius 2 is 1.90 bits per heavy atom. The highest BCUT2D eigenvalue weighted by Crippen LogP contribution is 2.38. The van der Waals surface area contributed by atoms with E-state index in [9.17, 15) is 9.18 Å². The van der Waals surface area contributed by atoms with Gasteiger partial charge in [-0.05, 0) is 32.0 Å². The van der Waals surface area contributed by atoms with Crippen LogP contribution in [0.1, 0.15) is 24.2 Å². The van der Waals surface area contributed by atoms with Crippen LogP contribution in [0.15, 0.2) is 24.3 Å². The first kappa shape index (κ1) is 13.5. The molecule has 2 heterocycles. The van der Waals surface area contributed by atoms with Crippen LogP contribution in [-0.4, -0.2) is 42.9 Å². The summed E-state index contributed by atoms with van der Waals surface area (Å²) in [6, 6.07) is 5.78. The maximum Gasteiger partial charge on any atom is 0.254 e. The van der Waals surface area contributed by atoms with E-state index in [4.69, 9.17) is 9.47 Å². The van der Waals surface area contributed by atoms with Crippen LogP contribution in [0.25, 0.3) is 0 Å². The van der Waals surface area contributed by atoms with Crippen molar-refractivity contribution in [3.8, 4) is 0 Å². The van der Waals surface area contributed by atoms with E-state index in [2.05, 4.69) is 0 Å². The number of benzene rings is 1. The standard InChI is InChI=1S/C15H18FNO3/c1-14(2)19-9-15(10-20-14)7-17(8-15)13(18)11-4-3-5-12(16)6-11/h3-6H,7-10H2,1-2H3. The van der Waals surface area contributed by atoms with Crippen LogP contribution in [0.3, 0.4) is 0 Å². The van der Waals surface area contributed by atoms with Crippen molar-refractivity contribution < 1.29 is 18.7 Å². The van der Waals surface area contributed by atoms with Gasteiger partial charge in [-0.3, -0.25) is 4.79 Å². The predicted molar refractivity (Wildman–Crippen MR) is 70.7 cm³/mol. The molecule has 2 saturated heterocycles. The largest absolute Gasteiger partial charge is 0.350 e. The molecule has 0 atom stereocenters. The van der Waals surface area contributed by atoms with Gasteiger partial charge < -0.3 is 14.4 Å². The number of halogens is 1. The van der Waals surface area contributed by atoms with Crippen molar-refractivity contribution in [1.29, 1.82) is 0 Å². The van der Waals surface area contributed by atoms with Crippen LogP contribution in [0.4, 0.5) is 4.39 Å². The van der Waals surface area contributed by atoms with Gasteiger partial charge in [-0.15, -0.1) is 0 Å². The molecule has 1 amide bonds. The molecule has 4 nitrogen and oxygen atoms in total. The Morgan fingerprint density at radius 3 is 2.50 bits per heavy atom. The number of ether oxygens (including phenoxy) is 2. The van der Waals surface area contributed by atoms with Crippen molar-refractivity contribution in [3.05, 3.63) is 35.6 Å². The molecule has 1 spiro atoms. The maximum absolute atomic E-state index is 13.1. The zero-order valence-corrected chi connectivity index (χ0v) is 11.7. The van der Waals surface area contributed by atoms with Crippen LogP contribution in [0, 0.1) is 11.2 Å². The van der Waals surface area contributed by atoms with E-state index in [1.807, 2.05) is 13.8 Å². The SMILES string of the molecule is CC1(C)OCC2(CO1)CN(C(=O)c1cccc(F)c1)C2. The second-order valence-electron chi connectivity index (χ2n) is 6.15. The quantitative estimate of drug-likeness (QED) is 0.790. The van der Waals surface area contributed by atoms with Crippen LogP contribution in [0.5, 0.6) is 0 Å². The molecule has 1 aromatic rings. The highest BCUT2D eigenvalue weighted by atomic mass is 19.1. The number of hydrogen-bond acceptors (Lipinski definition) is 3. The molecule has 1 aromatic carbocycles. The third kappa shape index (κ3) is 2.43. The zero-order valence-electron chi connectivity index (χ0n) is 11.7. The highest BCUT2D eigenvalue weighted by Gasteiger charge is 2.50. The number of nitrogens with zero attached hydrogens (tertiary/aromatic N) is 1. The summed E-state index contributed by atoms with van der Waals surface area (Å²) in [5.74, 6) is -1.07. The molecule has 2 aliphatic heterocycles. The van der Waals surface area contributed by atoms with E-state index in [-0.39, 0.29) is 11.3 Å². The summed E-state index contributed by atoms with van der Waals surface area (Å²) in [6.07, 6.45) is 0. The van der Waals surface area contributed by atoms with E-state index in [1.165, 1.54) is 12.1 Å². The van der Waals surface area contributed by atoms with E-state index in [0.29, 0.717) is 31.9 Å². The lowest BCUT2D eigenvalue weighted by Gasteiger charge is -2.54. The van der Waals surface area contributed by atoms with Gasteiger partial charge in [0.15, 0.2) is 5.79 Å². The van der Waals surface area contributed by atoms with Gasteiger partial charge in [-0.2, -0.15) is 0 Å². The van der Waals surface area contributed by atoms with E-state index < -0.39 is 11.6 Å². The van der Waals surface area contributed by atoms with E-state index in [1.54, 1.807) is 17.0 Å². The Labute approximate surface area is 117 Å². The van der Waals surface area contributed by atoms with Gasteiger partial charge in [-0.1, -0.05) is 6.07 Å². The molecule has 0 N–H and O–H groups in total. The molecule has 0 unspecified atom stereocenters. The molecule has 2 aliphatic rings. The van der Waals surface area contributed by atoms with E-state index in [0.717, 1.165) is 0 Å². The summed E-state index contributed by atoms with van der Waals surface area (Å²) in [4.78, 5) is 13.9. The van der Waals surface area contributed by atoms with Crippen LogP contribution < -0.4 is 0 Å².